The van der Waals surface area contributed by atoms with Gasteiger partial charge >= 0.3 is 0 Å². The van der Waals surface area contributed by atoms with Crippen LogP contribution < -0.4 is 5.32 Å². The van der Waals surface area contributed by atoms with Crippen LogP contribution in [0.3, 0.4) is 0 Å². The van der Waals surface area contributed by atoms with E-state index >= 15 is 0 Å². The van der Waals surface area contributed by atoms with Gasteiger partial charge in [-0.15, -0.1) is 11.3 Å². The molecule has 0 aliphatic heterocycles. The number of hydrogen-bond acceptors (Lipinski definition) is 3. The third kappa shape index (κ3) is 5.60. The molecule has 2 aromatic rings. The van der Waals surface area contributed by atoms with E-state index in [9.17, 15) is 0 Å². The molecule has 1 N–H and O–H groups in total. The van der Waals surface area contributed by atoms with Gasteiger partial charge < -0.3 is 5.32 Å². The third-order valence-corrected chi connectivity index (χ3v) is 5.62. The average molecular weight is 370 g/mol. The molecule has 2 rings (SSSR count). The van der Waals surface area contributed by atoms with Gasteiger partial charge in [0.1, 0.15) is 0 Å². The molecule has 0 bridgehead atoms. The van der Waals surface area contributed by atoms with Crippen molar-refractivity contribution in [3.05, 3.63) is 55.7 Å². The zero-order valence-corrected chi connectivity index (χ0v) is 15.1. The molecule has 0 amide bonds. The number of benzene rings is 1. The second-order valence-electron chi connectivity index (χ2n) is 4.96. The van der Waals surface area contributed by atoms with Crippen LogP contribution in [0.15, 0.2) is 34.1 Å². The number of thioether (sulfide) groups is 1. The smallest absolute Gasteiger partial charge is 0.0300 e. The molecule has 0 saturated carbocycles. The maximum Gasteiger partial charge on any atom is 0.0300 e. The van der Waals surface area contributed by atoms with E-state index in [1.807, 2.05) is 11.8 Å². The lowest BCUT2D eigenvalue weighted by Gasteiger charge is -2.06. The first-order chi connectivity index (χ1) is 9.63. The summed E-state index contributed by atoms with van der Waals surface area (Å²) in [5, 5.41) is 5.62. The molecule has 1 nitrogen and oxygen atoms in total. The van der Waals surface area contributed by atoms with Crippen molar-refractivity contribution in [3.8, 4) is 0 Å². The van der Waals surface area contributed by atoms with Crippen LogP contribution in [0.4, 0.5) is 0 Å². The summed E-state index contributed by atoms with van der Waals surface area (Å²) >= 11 is 7.27. The normalized spacial score (nSPS) is 10.9. The predicted octanol–water partition coefficient (Wildman–Crippen LogP) is 5.15. The second-order valence-corrected chi connectivity index (χ2v) is 7.97. The first-order valence-electron chi connectivity index (χ1n) is 6.72. The summed E-state index contributed by atoms with van der Waals surface area (Å²) in [6.07, 6.45) is 0. The number of thiophene rings is 1. The number of rotatable bonds is 7. The number of nitrogens with one attached hydrogen (secondary N) is 1. The maximum absolute atomic E-state index is 3.49. The predicted molar refractivity (Wildman–Crippen MR) is 95.8 cm³/mol. The van der Waals surface area contributed by atoms with Crippen molar-refractivity contribution in [2.45, 2.75) is 26.1 Å². The molecular formula is C16H20BrNS2. The highest BCUT2D eigenvalue weighted by Gasteiger charge is 1.98. The minimum absolute atomic E-state index is 0.973. The molecule has 0 aliphatic carbocycles. The molecule has 0 spiro atoms. The van der Waals surface area contributed by atoms with Gasteiger partial charge in [0, 0.05) is 39.3 Å². The lowest BCUT2D eigenvalue weighted by atomic mass is 10.1. The zero-order valence-electron chi connectivity index (χ0n) is 11.9. The van der Waals surface area contributed by atoms with Crippen molar-refractivity contribution >= 4 is 39.0 Å². The van der Waals surface area contributed by atoms with E-state index < -0.39 is 0 Å². The van der Waals surface area contributed by atoms with Gasteiger partial charge in [0.15, 0.2) is 0 Å². The van der Waals surface area contributed by atoms with Crippen molar-refractivity contribution in [3.63, 3.8) is 0 Å². The highest BCUT2D eigenvalue weighted by atomic mass is 79.9. The Kier molecular flexibility index (Phi) is 6.62. The van der Waals surface area contributed by atoms with Crippen LogP contribution in [-0.4, -0.2) is 12.3 Å². The summed E-state index contributed by atoms with van der Waals surface area (Å²) in [6.45, 7) is 6.37. The van der Waals surface area contributed by atoms with Crippen LogP contribution in [0.2, 0.25) is 0 Å². The molecule has 1 heterocycles. The van der Waals surface area contributed by atoms with Crippen molar-refractivity contribution in [1.82, 2.24) is 5.32 Å². The van der Waals surface area contributed by atoms with Gasteiger partial charge in [-0.3, -0.25) is 0 Å². The molecule has 20 heavy (non-hydrogen) atoms. The van der Waals surface area contributed by atoms with Crippen LogP contribution in [0.25, 0.3) is 0 Å². The summed E-state index contributed by atoms with van der Waals surface area (Å²) in [6, 6.07) is 8.99. The van der Waals surface area contributed by atoms with Gasteiger partial charge in [-0.1, -0.05) is 29.3 Å². The van der Waals surface area contributed by atoms with Crippen molar-refractivity contribution in [2.24, 2.45) is 0 Å². The topological polar surface area (TPSA) is 12.0 Å². The van der Waals surface area contributed by atoms with E-state index in [0.29, 0.717) is 0 Å². The summed E-state index contributed by atoms with van der Waals surface area (Å²) in [7, 11) is 0. The second kappa shape index (κ2) is 8.23. The van der Waals surface area contributed by atoms with E-state index in [1.165, 1.54) is 26.0 Å². The van der Waals surface area contributed by atoms with E-state index in [-0.39, 0.29) is 0 Å². The molecule has 0 unspecified atom stereocenters. The summed E-state index contributed by atoms with van der Waals surface area (Å²) in [5.74, 6) is 2.26. The molecule has 1 aromatic heterocycles. The summed E-state index contributed by atoms with van der Waals surface area (Å²) in [5.41, 5.74) is 4.17. The van der Waals surface area contributed by atoms with Gasteiger partial charge in [0.25, 0.3) is 0 Å². The summed E-state index contributed by atoms with van der Waals surface area (Å²) in [4.78, 5) is 1.39. The Labute approximate surface area is 138 Å². The standard InChI is InChI=1S/C16H20BrNS2/c1-12-5-13(2)7-14(6-12)10-19-4-3-18-9-16-8-15(17)11-20-16/h5-8,11,18H,3-4,9-10H2,1-2H3. The minimum Gasteiger partial charge on any atom is -0.311 e. The Hall–Kier alpha value is -0.290. The SMILES string of the molecule is Cc1cc(C)cc(CSCCNCc2cc(Br)cs2)c1. The monoisotopic (exact) mass is 369 g/mol. The van der Waals surface area contributed by atoms with Crippen molar-refractivity contribution in [2.75, 3.05) is 12.3 Å². The van der Waals surface area contributed by atoms with Crippen molar-refractivity contribution < 1.29 is 0 Å². The highest BCUT2D eigenvalue weighted by Crippen LogP contribution is 2.19. The highest BCUT2D eigenvalue weighted by molar-refractivity contribution is 9.10. The fourth-order valence-electron chi connectivity index (χ4n) is 2.14. The lowest BCUT2D eigenvalue weighted by molar-refractivity contribution is 0.741. The number of hydrogen-bond donors (Lipinski definition) is 1. The zero-order chi connectivity index (χ0) is 14.4. The first-order valence-corrected chi connectivity index (χ1v) is 9.55. The molecular weight excluding hydrogens is 350 g/mol. The average Bonchev–Trinajstić information content (AvgIpc) is 2.78. The van der Waals surface area contributed by atoms with E-state index in [4.69, 9.17) is 0 Å². The van der Waals surface area contributed by atoms with Gasteiger partial charge in [0.05, 0.1) is 0 Å². The van der Waals surface area contributed by atoms with Crippen LogP contribution in [0, 0.1) is 13.8 Å². The third-order valence-electron chi connectivity index (χ3n) is 2.89. The fourth-order valence-corrected chi connectivity index (χ4v) is 4.40. The Morgan fingerprint density at radius 1 is 1.15 bits per heavy atom. The lowest BCUT2D eigenvalue weighted by Crippen LogP contribution is -2.15. The Morgan fingerprint density at radius 2 is 1.90 bits per heavy atom. The van der Waals surface area contributed by atoms with Crippen molar-refractivity contribution in [1.29, 1.82) is 0 Å². The van der Waals surface area contributed by atoms with E-state index in [1.54, 1.807) is 11.3 Å². The van der Waals surface area contributed by atoms with Crippen LogP contribution >= 0.6 is 39.0 Å². The summed E-state index contributed by atoms with van der Waals surface area (Å²) < 4.78 is 1.18. The molecule has 0 atom stereocenters. The van der Waals surface area contributed by atoms with Gasteiger partial charge in [-0.2, -0.15) is 11.8 Å². The van der Waals surface area contributed by atoms with Gasteiger partial charge in [-0.25, -0.2) is 0 Å². The van der Waals surface area contributed by atoms with E-state index in [0.717, 1.165) is 24.6 Å². The maximum atomic E-state index is 3.49. The van der Waals surface area contributed by atoms with E-state index in [2.05, 4.69) is 64.7 Å². The molecule has 1 aromatic carbocycles. The molecule has 4 heteroatoms. The molecule has 0 saturated heterocycles. The first kappa shape index (κ1) is 16.1. The molecule has 108 valence electrons. The van der Waals surface area contributed by atoms with Gasteiger partial charge in [0.2, 0.25) is 0 Å². The quantitative estimate of drug-likeness (QED) is 0.677. The van der Waals surface area contributed by atoms with Crippen LogP contribution in [0.1, 0.15) is 21.6 Å². The molecule has 0 aliphatic rings. The van der Waals surface area contributed by atoms with Gasteiger partial charge in [-0.05, 0) is 41.4 Å². The Bertz CT molecular complexity index is 531. The van der Waals surface area contributed by atoms with Crippen LogP contribution in [-0.2, 0) is 12.3 Å². The molecule has 0 fully saturated rings. The molecule has 0 radical (unpaired) electrons. The Balaban J connectivity index is 1.61. The fraction of sp³-hybridized carbons (Fsp3) is 0.375. The minimum atomic E-state index is 0.973. The van der Waals surface area contributed by atoms with Crippen LogP contribution in [0.5, 0.6) is 0 Å². The number of halogens is 1. The Morgan fingerprint density at radius 3 is 2.55 bits per heavy atom. The largest absolute Gasteiger partial charge is 0.311 e. The number of aryl methyl sites for hydroxylation is 2.